The Morgan fingerprint density at radius 1 is 1.33 bits per heavy atom. The molecule has 0 aliphatic heterocycles. The first-order chi connectivity index (χ1) is 8.17. The van der Waals surface area contributed by atoms with E-state index in [-0.39, 0.29) is 13.1 Å². The van der Waals surface area contributed by atoms with E-state index in [2.05, 4.69) is 4.85 Å². The van der Waals surface area contributed by atoms with Crippen LogP contribution in [0.5, 0.6) is 0 Å². The number of nitrogens with zero attached hydrogens (tertiary/aromatic N) is 3. The Morgan fingerprint density at radius 3 is 2.39 bits per heavy atom. The average molecular weight is 239 g/mol. The molecule has 0 N–H and O–H groups in total. The molecule has 0 saturated heterocycles. The first-order valence-corrected chi connectivity index (χ1v) is 5.10. The van der Waals surface area contributed by atoms with Gasteiger partial charge >= 0.3 is 0 Å². The fourth-order valence-corrected chi connectivity index (χ4v) is 1.23. The zero-order chi connectivity index (χ0) is 12.7. The van der Waals surface area contributed by atoms with Crippen LogP contribution in [0.3, 0.4) is 0 Å². The molecule has 0 atom stereocenters. The second kappa shape index (κ2) is 7.70. The topological polar surface area (TPSA) is 31.4 Å². The Balaban J connectivity index is 0.00000289. The van der Waals surface area contributed by atoms with Crippen molar-refractivity contribution in [1.29, 1.82) is 5.26 Å². The lowest BCUT2D eigenvalue weighted by molar-refractivity contribution is 1.13. The quantitative estimate of drug-likeness (QED) is 0.457. The minimum absolute atomic E-state index is 0. The second-order valence-corrected chi connectivity index (χ2v) is 3.62. The number of anilines is 1. The maximum absolute atomic E-state index is 8.55. The van der Waals surface area contributed by atoms with Gasteiger partial charge in [-0.25, -0.2) is 10.1 Å². The van der Waals surface area contributed by atoms with Crippen molar-refractivity contribution < 1.29 is 0 Å². The molecule has 1 aromatic carbocycles. The van der Waals surface area contributed by atoms with Crippen LogP contribution >= 0.6 is 0 Å². The molecule has 0 spiro atoms. The first-order valence-electron chi connectivity index (χ1n) is 5.10. The van der Waals surface area contributed by atoms with Crippen molar-refractivity contribution >= 4 is 11.8 Å². The largest absolute Gasteiger partial charge is 0.378 e. The van der Waals surface area contributed by atoms with E-state index in [0.29, 0.717) is 0 Å². The highest BCUT2D eigenvalue weighted by molar-refractivity contribution is 5.57. The van der Waals surface area contributed by atoms with Crippen LogP contribution in [0.4, 0.5) is 5.69 Å². The van der Waals surface area contributed by atoms with Gasteiger partial charge < -0.3 is 4.90 Å². The normalized spacial score (nSPS) is 10.3. The van der Waals surface area contributed by atoms with Crippen LogP contribution in [-0.2, 0) is 0 Å². The maximum atomic E-state index is 8.55. The van der Waals surface area contributed by atoms with Crippen LogP contribution in [0.1, 0.15) is 13.0 Å². The number of rotatable bonds is 3. The van der Waals surface area contributed by atoms with Crippen molar-refractivity contribution in [3.8, 4) is 6.07 Å². The zero-order valence-corrected chi connectivity index (χ0v) is 9.88. The highest BCUT2D eigenvalue weighted by Crippen LogP contribution is 2.13. The molecule has 0 aliphatic carbocycles. The smallest absolute Gasteiger partial charge is 0.261 e. The van der Waals surface area contributed by atoms with Gasteiger partial charge in [-0.3, -0.25) is 0 Å². The molecule has 1 rings (SSSR count). The van der Waals surface area contributed by atoms with Gasteiger partial charge in [0.1, 0.15) is 0 Å². The standard InChI is InChI=1S/C14H13N3.CH4/c1-16-13(11-15)6-4-5-12-7-9-14(10-8-12)17(2)3;/h4-10H,2-3H3;1H4/b5-4+,13-6-;. The molecule has 3 nitrogen and oxygen atoms in total. The summed E-state index contributed by atoms with van der Waals surface area (Å²) in [4.78, 5) is 5.10. The molecule has 0 radical (unpaired) electrons. The molecule has 3 heteroatoms. The van der Waals surface area contributed by atoms with E-state index >= 15 is 0 Å². The summed E-state index contributed by atoms with van der Waals surface area (Å²) in [5, 5.41) is 8.55. The van der Waals surface area contributed by atoms with Crippen molar-refractivity contribution in [2.75, 3.05) is 19.0 Å². The molecule has 0 amide bonds. The molecule has 1 aromatic rings. The Hall–Kier alpha value is -2.52. The lowest BCUT2D eigenvalue weighted by Crippen LogP contribution is -2.07. The van der Waals surface area contributed by atoms with E-state index in [9.17, 15) is 0 Å². The second-order valence-electron chi connectivity index (χ2n) is 3.62. The summed E-state index contributed by atoms with van der Waals surface area (Å²) in [6.45, 7) is 6.71. The zero-order valence-electron chi connectivity index (χ0n) is 9.88. The molecule has 0 bridgehead atoms. The van der Waals surface area contributed by atoms with E-state index in [1.165, 1.54) is 6.08 Å². The van der Waals surface area contributed by atoms with Gasteiger partial charge in [0.15, 0.2) is 0 Å². The maximum Gasteiger partial charge on any atom is 0.261 e. The van der Waals surface area contributed by atoms with Crippen LogP contribution in [-0.4, -0.2) is 14.1 Å². The van der Waals surface area contributed by atoms with Crippen LogP contribution in [0, 0.1) is 17.9 Å². The van der Waals surface area contributed by atoms with Crippen molar-refractivity contribution in [3.63, 3.8) is 0 Å². The summed E-state index contributed by atoms with van der Waals surface area (Å²) < 4.78 is 0. The minimum Gasteiger partial charge on any atom is -0.378 e. The van der Waals surface area contributed by atoms with E-state index in [4.69, 9.17) is 11.8 Å². The van der Waals surface area contributed by atoms with E-state index in [1.54, 1.807) is 6.08 Å². The number of hydrogen-bond donors (Lipinski definition) is 0. The van der Waals surface area contributed by atoms with E-state index in [1.807, 2.05) is 55.4 Å². The average Bonchev–Trinajstić information content (AvgIpc) is 2.35. The monoisotopic (exact) mass is 239 g/mol. The lowest BCUT2D eigenvalue weighted by atomic mass is 10.2. The Bertz CT molecular complexity index is 492. The Morgan fingerprint density at radius 2 is 1.94 bits per heavy atom. The summed E-state index contributed by atoms with van der Waals surface area (Å²) in [7, 11) is 3.98. The molecule has 18 heavy (non-hydrogen) atoms. The summed E-state index contributed by atoms with van der Waals surface area (Å²) in [6, 6.07) is 9.82. The molecule has 0 heterocycles. The van der Waals surface area contributed by atoms with E-state index < -0.39 is 0 Å². The van der Waals surface area contributed by atoms with Crippen molar-refractivity contribution in [2.24, 2.45) is 0 Å². The lowest BCUT2D eigenvalue weighted by Gasteiger charge is -2.11. The highest BCUT2D eigenvalue weighted by Gasteiger charge is 1.93. The Kier molecular flexibility index (Phi) is 6.63. The molecule has 92 valence electrons. The van der Waals surface area contributed by atoms with Crippen molar-refractivity contribution in [1.82, 2.24) is 0 Å². The predicted molar refractivity (Wildman–Crippen MR) is 76.8 cm³/mol. The molecule has 0 saturated carbocycles. The molecular weight excluding hydrogens is 222 g/mol. The fraction of sp³-hybridized carbons (Fsp3) is 0.200. The summed E-state index contributed by atoms with van der Waals surface area (Å²) in [6.07, 6.45) is 5.08. The van der Waals surface area contributed by atoms with Crippen LogP contribution < -0.4 is 4.90 Å². The van der Waals surface area contributed by atoms with Crippen LogP contribution in [0.25, 0.3) is 10.9 Å². The molecule has 0 aromatic heterocycles. The molecular formula is C15H17N3. The third-order valence-electron chi connectivity index (χ3n) is 2.19. The minimum atomic E-state index is 0. The van der Waals surface area contributed by atoms with Gasteiger partial charge in [-0.15, -0.1) is 0 Å². The van der Waals surface area contributed by atoms with Gasteiger partial charge in [0.25, 0.3) is 5.70 Å². The molecule has 0 fully saturated rings. The predicted octanol–water partition coefficient (Wildman–Crippen LogP) is 3.73. The third-order valence-corrected chi connectivity index (χ3v) is 2.19. The van der Waals surface area contributed by atoms with E-state index in [0.717, 1.165) is 11.3 Å². The number of benzene rings is 1. The Labute approximate surface area is 109 Å². The fourth-order valence-electron chi connectivity index (χ4n) is 1.23. The summed E-state index contributed by atoms with van der Waals surface area (Å²) in [5.74, 6) is 0. The van der Waals surface area contributed by atoms with Gasteiger partial charge in [-0.2, -0.15) is 0 Å². The van der Waals surface area contributed by atoms with Crippen LogP contribution in [0.2, 0.25) is 0 Å². The van der Waals surface area contributed by atoms with Gasteiger partial charge in [0.05, 0.1) is 12.6 Å². The van der Waals surface area contributed by atoms with Crippen molar-refractivity contribution in [3.05, 3.63) is 59.1 Å². The molecule has 0 aliphatic rings. The third kappa shape index (κ3) is 4.55. The van der Waals surface area contributed by atoms with Gasteiger partial charge in [0.2, 0.25) is 0 Å². The number of hydrogen-bond acceptors (Lipinski definition) is 2. The number of nitriles is 1. The first kappa shape index (κ1) is 15.5. The number of allylic oxidation sites excluding steroid dienone is 3. The van der Waals surface area contributed by atoms with Gasteiger partial charge in [-0.1, -0.05) is 31.7 Å². The van der Waals surface area contributed by atoms with Crippen LogP contribution in [0.15, 0.2) is 42.1 Å². The summed E-state index contributed by atoms with van der Waals surface area (Å²) in [5.41, 5.74) is 2.26. The highest BCUT2D eigenvalue weighted by atomic mass is 15.1. The van der Waals surface area contributed by atoms with Gasteiger partial charge in [-0.05, 0) is 23.8 Å². The van der Waals surface area contributed by atoms with Crippen molar-refractivity contribution in [2.45, 2.75) is 7.43 Å². The summed E-state index contributed by atoms with van der Waals surface area (Å²) >= 11 is 0. The van der Waals surface area contributed by atoms with Gasteiger partial charge in [0, 0.05) is 19.8 Å². The molecule has 0 unspecified atom stereocenters. The SMILES string of the molecule is C.[C-]#[N+]/C(C#N)=C\C=C\c1ccc(N(C)C)cc1.